The van der Waals surface area contributed by atoms with Crippen molar-refractivity contribution in [1.82, 2.24) is 9.80 Å². The maximum absolute atomic E-state index is 12.6. The summed E-state index contributed by atoms with van der Waals surface area (Å²) in [5.41, 5.74) is 0.136. The summed E-state index contributed by atoms with van der Waals surface area (Å²) in [6, 6.07) is 7.19. The first-order valence-corrected chi connectivity index (χ1v) is 9.32. The molecule has 1 fully saturated rings. The van der Waals surface area contributed by atoms with Crippen LogP contribution in [-0.4, -0.2) is 61.3 Å². The van der Waals surface area contributed by atoms with Crippen molar-refractivity contribution in [3.8, 4) is 5.75 Å². The van der Waals surface area contributed by atoms with Crippen LogP contribution in [0.5, 0.6) is 5.75 Å². The number of amides is 3. The molecule has 1 aromatic rings. The molecule has 150 valence electrons. The number of carbonyl (C=O) groups excluding carboxylic acids is 2. The fraction of sp³-hybridized carbons (Fsp3) is 0.600. The Bertz CT molecular complexity index is 657. The number of carbonyl (C=O) groups is 2. The third kappa shape index (κ3) is 6.34. The van der Waals surface area contributed by atoms with Crippen molar-refractivity contribution in [2.75, 3.05) is 39.1 Å². The molecule has 2 rings (SSSR count). The van der Waals surface area contributed by atoms with Crippen LogP contribution in [0.3, 0.4) is 0 Å². The number of hydrogen-bond donors (Lipinski definition) is 1. The van der Waals surface area contributed by atoms with Crippen LogP contribution < -0.4 is 10.1 Å². The van der Waals surface area contributed by atoms with Crippen LogP contribution >= 0.6 is 0 Å². The summed E-state index contributed by atoms with van der Waals surface area (Å²) in [6.45, 7) is 7.42. The summed E-state index contributed by atoms with van der Waals surface area (Å²) in [7, 11) is 3.32. The van der Waals surface area contributed by atoms with E-state index < -0.39 is 5.60 Å². The first-order valence-electron chi connectivity index (χ1n) is 9.32. The highest BCUT2D eigenvalue weighted by atomic mass is 16.6. The molecule has 0 radical (unpaired) electrons. The zero-order valence-corrected chi connectivity index (χ0v) is 16.9. The van der Waals surface area contributed by atoms with Crippen molar-refractivity contribution in [2.45, 2.75) is 39.2 Å². The molecule has 1 aromatic carbocycles. The van der Waals surface area contributed by atoms with Crippen LogP contribution in [0.25, 0.3) is 0 Å². The lowest BCUT2D eigenvalue weighted by Gasteiger charge is -2.35. The molecule has 0 aliphatic carbocycles. The van der Waals surface area contributed by atoms with Gasteiger partial charge in [0.15, 0.2) is 0 Å². The maximum Gasteiger partial charge on any atom is 0.410 e. The molecule has 0 spiro atoms. The fourth-order valence-electron chi connectivity index (χ4n) is 3.14. The van der Waals surface area contributed by atoms with Gasteiger partial charge in [0.1, 0.15) is 11.4 Å². The Labute approximate surface area is 161 Å². The molecule has 27 heavy (non-hydrogen) atoms. The Morgan fingerprint density at radius 3 is 2.67 bits per heavy atom. The van der Waals surface area contributed by atoms with E-state index in [1.54, 1.807) is 24.0 Å². The molecule has 1 N–H and O–H groups in total. The zero-order valence-electron chi connectivity index (χ0n) is 16.9. The molecule has 1 aliphatic heterocycles. The van der Waals surface area contributed by atoms with Crippen molar-refractivity contribution in [1.29, 1.82) is 0 Å². The Kier molecular flexibility index (Phi) is 6.93. The van der Waals surface area contributed by atoms with Crippen LogP contribution in [0, 0.1) is 5.92 Å². The molecule has 0 aromatic heterocycles. The number of likely N-dealkylation sites (tertiary alicyclic amines) is 1. The number of nitrogens with one attached hydrogen (secondary N) is 1. The first kappa shape index (κ1) is 20.9. The van der Waals surface area contributed by atoms with E-state index in [-0.39, 0.29) is 18.0 Å². The standard InChI is InChI=1S/C20H31N3O4/c1-20(2,3)27-19(25)22(4)13-15-9-8-12-23(14-15)18(24)21-16-10-6-7-11-17(16)26-5/h6-7,10-11,15H,8-9,12-14H2,1-5H3,(H,21,24)/t15-/m1/s1. The van der Waals surface area contributed by atoms with Gasteiger partial charge in [0.05, 0.1) is 12.8 Å². The molecule has 1 aliphatic rings. The number of para-hydroxylation sites is 2. The van der Waals surface area contributed by atoms with E-state index in [0.717, 1.165) is 12.8 Å². The van der Waals surface area contributed by atoms with Crippen LogP contribution in [0.4, 0.5) is 15.3 Å². The molecule has 1 saturated heterocycles. The third-order valence-electron chi connectivity index (χ3n) is 4.39. The molecule has 3 amide bonds. The predicted octanol–water partition coefficient (Wildman–Crippen LogP) is 3.81. The monoisotopic (exact) mass is 377 g/mol. The minimum atomic E-state index is -0.515. The van der Waals surface area contributed by atoms with Gasteiger partial charge in [-0.05, 0) is 51.7 Å². The number of ether oxygens (including phenoxy) is 2. The maximum atomic E-state index is 12.6. The number of methoxy groups -OCH3 is 1. The second kappa shape index (κ2) is 8.97. The van der Waals surface area contributed by atoms with E-state index >= 15 is 0 Å². The van der Waals surface area contributed by atoms with Crippen molar-refractivity contribution in [3.05, 3.63) is 24.3 Å². The second-order valence-corrected chi connectivity index (χ2v) is 7.95. The summed E-state index contributed by atoms with van der Waals surface area (Å²) >= 11 is 0. The number of urea groups is 1. The van der Waals surface area contributed by atoms with Crippen LogP contribution in [-0.2, 0) is 4.74 Å². The molecular formula is C20H31N3O4. The Morgan fingerprint density at radius 1 is 1.30 bits per heavy atom. The first-order chi connectivity index (χ1) is 12.7. The van der Waals surface area contributed by atoms with Gasteiger partial charge in [-0.15, -0.1) is 0 Å². The van der Waals surface area contributed by atoms with Gasteiger partial charge in [0.25, 0.3) is 0 Å². The van der Waals surface area contributed by atoms with Gasteiger partial charge in [-0.1, -0.05) is 12.1 Å². The number of rotatable bonds is 4. The number of benzene rings is 1. The molecule has 0 bridgehead atoms. The highest BCUT2D eigenvalue weighted by Crippen LogP contribution is 2.25. The van der Waals surface area contributed by atoms with Crippen LogP contribution in [0.1, 0.15) is 33.6 Å². The van der Waals surface area contributed by atoms with E-state index in [1.807, 2.05) is 45.0 Å². The molecular weight excluding hydrogens is 346 g/mol. The average Bonchev–Trinajstić information content (AvgIpc) is 2.61. The summed E-state index contributed by atoms with van der Waals surface area (Å²) in [5.74, 6) is 0.851. The molecule has 7 heteroatoms. The quantitative estimate of drug-likeness (QED) is 0.866. The minimum absolute atomic E-state index is 0.149. The fourth-order valence-corrected chi connectivity index (χ4v) is 3.14. The van der Waals surface area contributed by atoms with Crippen LogP contribution in [0.15, 0.2) is 24.3 Å². The average molecular weight is 377 g/mol. The summed E-state index contributed by atoms with van der Waals surface area (Å²) in [4.78, 5) is 28.2. The van der Waals surface area contributed by atoms with E-state index in [0.29, 0.717) is 31.1 Å². The van der Waals surface area contributed by atoms with E-state index in [2.05, 4.69) is 5.32 Å². The van der Waals surface area contributed by atoms with E-state index in [1.165, 1.54) is 0 Å². The van der Waals surface area contributed by atoms with Gasteiger partial charge in [-0.25, -0.2) is 9.59 Å². The number of anilines is 1. The van der Waals surface area contributed by atoms with E-state index in [4.69, 9.17) is 9.47 Å². The van der Waals surface area contributed by atoms with Crippen LogP contribution in [0.2, 0.25) is 0 Å². The Morgan fingerprint density at radius 2 is 2.00 bits per heavy atom. The smallest absolute Gasteiger partial charge is 0.410 e. The molecule has 1 heterocycles. The molecule has 7 nitrogen and oxygen atoms in total. The zero-order chi connectivity index (χ0) is 20.0. The van der Waals surface area contributed by atoms with Gasteiger partial charge in [-0.2, -0.15) is 0 Å². The number of hydrogen-bond acceptors (Lipinski definition) is 4. The highest BCUT2D eigenvalue weighted by molar-refractivity contribution is 5.91. The molecule has 1 atom stereocenters. The Balaban J connectivity index is 1.91. The summed E-state index contributed by atoms with van der Waals surface area (Å²) < 4.78 is 10.7. The van der Waals surface area contributed by atoms with Crippen molar-refractivity contribution >= 4 is 17.8 Å². The van der Waals surface area contributed by atoms with Crippen molar-refractivity contribution in [3.63, 3.8) is 0 Å². The highest BCUT2D eigenvalue weighted by Gasteiger charge is 2.27. The third-order valence-corrected chi connectivity index (χ3v) is 4.39. The van der Waals surface area contributed by atoms with Gasteiger partial charge in [0.2, 0.25) is 0 Å². The minimum Gasteiger partial charge on any atom is -0.495 e. The van der Waals surface area contributed by atoms with Crippen molar-refractivity contribution in [2.24, 2.45) is 5.92 Å². The normalized spacial score (nSPS) is 17.2. The van der Waals surface area contributed by atoms with Gasteiger partial charge >= 0.3 is 12.1 Å². The van der Waals surface area contributed by atoms with E-state index in [9.17, 15) is 9.59 Å². The predicted molar refractivity (Wildman–Crippen MR) is 105 cm³/mol. The number of nitrogens with zero attached hydrogens (tertiary/aromatic N) is 2. The Hall–Kier alpha value is -2.44. The molecule has 0 unspecified atom stereocenters. The summed E-state index contributed by atoms with van der Waals surface area (Å²) in [6.07, 6.45) is 1.55. The van der Waals surface area contributed by atoms with Gasteiger partial charge in [-0.3, -0.25) is 0 Å². The lowest BCUT2D eigenvalue weighted by atomic mass is 9.98. The summed E-state index contributed by atoms with van der Waals surface area (Å²) in [5, 5.41) is 2.92. The number of piperidine rings is 1. The largest absolute Gasteiger partial charge is 0.495 e. The SMILES string of the molecule is COc1ccccc1NC(=O)N1CCC[C@H](CN(C)C(=O)OC(C)(C)C)C1. The topological polar surface area (TPSA) is 71.1 Å². The van der Waals surface area contributed by atoms with Gasteiger partial charge in [0, 0.05) is 26.7 Å². The van der Waals surface area contributed by atoms with Crippen molar-refractivity contribution < 1.29 is 19.1 Å². The van der Waals surface area contributed by atoms with Gasteiger partial charge < -0.3 is 24.6 Å². The molecule has 0 saturated carbocycles. The second-order valence-electron chi connectivity index (χ2n) is 7.95. The lowest BCUT2D eigenvalue weighted by Crippen LogP contribution is -2.46. The lowest BCUT2D eigenvalue weighted by molar-refractivity contribution is 0.0253.